The molecule has 0 spiro atoms. The lowest BCUT2D eigenvalue weighted by molar-refractivity contribution is -0.117. The fraction of sp³-hybridized carbons (Fsp3) is 0.174. The minimum absolute atomic E-state index is 0.0826. The highest BCUT2D eigenvalue weighted by molar-refractivity contribution is 6.01. The van der Waals surface area contributed by atoms with Gasteiger partial charge in [0, 0.05) is 18.7 Å². The van der Waals surface area contributed by atoms with Crippen LogP contribution in [0, 0.1) is 0 Å². The Balaban J connectivity index is 1.61. The summed E-state index contributed by atoms with van der Waals surface area (Å²) in [6, 6.07) is 17.4. The predicted molar refractivity (Wildman–Crippen MR) is 108 cm³/mol. The molecule has 0 atom stereocenters. The number of benzene rings is 3. The molecule has 3 aromatic rings. The van der Waals surface area contributed by atoms with Crippen LogP contribution in [0.1, 0.15) is 33.6 Å². The van der Waals surface area contributed by atoms with Gasteiger partial charge in [-0.15, -0.1) is 0 Å². The van der Waals surface area contributed by atoms with Crippen molar-refractivity contribution in [2.45, 2.75) is 12.8 Å². The van der Waals surface area contributed by atoms with Crippen LogP contribution in [0.5, 0.6) is 5.75 Å². The first kappa shape index (κ1) is 18.7. The number of anilines is 1. The fourth-order valence-corrected chi connectivity index (χ4v) is 3.43. The van der Waals surface area contributed by atoms with Crippen molar-refractivity contribution in [1.82, 2.24) is 0 Å². The minimum atomic E-state index is -0.593. The molecule has 0 unspecified atom stereocenters. The van der Waals surface area contributed by atoms with Crippen molar-refractivity contribution in [1.29, 1.82) is 0 Å². The summed E-state index contributed by atoms with van der Waals surface area (Å²) in [5, 5.41) is 1.68. The molecular weight excluding hydrogens is 370 g/mol. The lowest BCUT2D eigenvalue weighted by atomic mass is 10.1. The first-order chi connectivity index (χ1) is 14.1. The molecule has 146 valence electrons. The van der Waals surface area contributed by atoms with Gasteiger partial charge in [-0.2, -0.15) is 0 Å². The van der Waals surface area contributed by atoms with E-state index in [2.05, 4.69) is 0 Å². The first-order valence-electron chi connectivity index (χ1n) is 9.30. The standard InChI is InChI=1S/C23H19NO5/c1-28-23(27)19-13-16-5-2-3-6-17(16)14-20(19)29-22(26)15-8-10-18(11-9-15)24-12-4-7-21(24)25/h2-3,5-6,8-11,13-14H,4,7,12H2,1H3. The van der Waals surface area contributed by atoms with Crippen LogP contribution in [-0.2, 0) is 9.53 Å². The van der Waals surface area contributed by atoms with Crippen LogP contribution in [0.25, 0.3) is 10.8 Å². The largest absolute Gasteiger partial charge is 0.465 e. The third-order valence-electron chi connectivity index (χ3n) is 4.94. The van der Waals surface area contributed by atoms with Gasteiger partial charge in [0.1, 0.15) is 11.3 Å². The highest BCUT2D eigenvalue weighted by Crippen LogP contribution is 2.28. The summed E-state index contributed by atoms with van der Waals surface area (Å²) >= 11 is 0. The normalized spacial score (nSPS) is 13.6. The average Bonchev–Trinajstić information content (AvgIpc) is 3.18. The van der Waals surface area contributed by atoms with E-state index >= 15 is 0 Å². The summed E-state index contributed by atoms with van der Waals surface area (Å²) in [7, 11) is 1.28. The Morgan fingerprint density at radius 2 is 1.62 bits per heavy atom. The molecule has 3 aromatic carbocycles. The summed E-state index contributed by atoms with van der Waals surface area (Å²) in [4.78, 5) is 38.4. The van der Waals surface area contributed by atoms with E-state index in [1.165, 1.54) is 7.11 Å². The lowest BCUT2D eigenvalue weighted by Gasteiger charge is -2.16. The second kappa shape index (κ2) is 7.75. The van der Waals surface area contributed by atoms with E-state index in [1.54, 1.807) is 41.3 Å². The van der Waals surface area contributed by atoms with Gasteiger partial charge in [-0.25, -0.2) is 9.59 Å². The molecule has 4 rings (SSSR count). The molecule has 0 saturated carbocycles. The molecule has 1 fully saturated rings. The zero-order valence-corrected chi connectivity index (χ0v) is 15.9. The number of hydrogen-bond acceptors (Lipinski definition) is 5. The third kappa shape index (κ3) is 3.69. The Bertz CT molecular complexity index is 1100. The zero-order valence-electron chi connectivity index (χ0n) is 15.9. The van der Waals surface area contributed by atoms with Crippen LogP contribution in [-0.4, -0.2) is 31.5 Å². The fourth-order valence-electron chi connectivity index (χ4n) is 3.43. The molecule has 0 aromatic heterocycles. The van der Waals surface area contributed by atoms with Crippen molar-refractivity contribution in [2.24, 2.45) is 0 Å². The van der Waals surface area contributed by atoms with Crippen LogP contribution < -0.4 is 9.64 Å². The molecule has 0 aliphatic carbocycles. The number of ether oxygens (including phenoxy) is 2. The third-order valence-corrected chi connectivity index (χ3v) is 4.94. The van der Waals surface area contributed by atoms with Gasteiger partial charge in [0.25, 0.3) is 0 Å². The topological polar surface area (TPSA) is 72.9 Å². The van der Waals surface area contributed by atoms with Crippen LogP contribution >= 0.6 is 0 Å². The molecule has 0 radical (unpaired) electrons. The maximum atomic E-state index is 12.7. The van der Waals surface area contributed by atoms with Gasteiger partial charge in [-0.05, 0) is 53.6 Å². The summed E-state index contributed by atoms with van der Waals surface area (Å²) in [5.74, 6) is -0.954. The van der Waals surface area contributed by atoms with Crippen LogP contribution in [0.2, 0.25) is 0 Å². The van der Waals surface area contributed by atoms with Gasteiger partial charge < -0.3 is 14.4 Å². The van der Waals surface area contributed by atoms with E-state index in [-0.39, 0.29) is 17.2 Å². The smallest absolute Gasteiger partial charge is 0.343 e. The molecule has 1 heterocycles. The molecule has 1 amide bonds. The highest BCUT2D eigenvalue weighted by atomic mass is 16.5. The zero-order chi connectivity index (χ0) is 20.4. The van der Waals surface area contributed by atoms with E-state index in [0.29, 0.717) is 18.5 Å². The van der Waals surface area contributed by atoms with Crippen molar-refractivity contribution in [3.8, 4) is 5.75 Å². The van der Waals surface area contributed by atoms with Crippen LogP contribution in [0.4, 0.5) is 5.69 Å². The van der Waals surface area contributed by atoms with E-state index in [4.69, 9.17) is 9.47 Å². The number of fused-ring (bicyclic) bond motifs is 1. The Hall–Kier alpha value is -3.67. The van der Waals surface area contributed by atoms with Crippen molar-refractivity contribution < 1.29 is 23.9 Å². The summed E-state index contributed by atoms with van der Waals surface area (Å²) in [5.41, 5.74) is 1.26. The van der Waals surface area contributed by atoms with Crippen molar-refractivity contribution in [3.05, 3.63) is 71.8 Å². The summed E-state index contributed by atoms with van der Waals surface area (Å²) < 4.78 is 10.4. The highest BCUT2D eigenvalue weighted by Gasteiger charge is 2.22. The van der Waals surface area contributed by atoms with Crippen molar-refractivity contribution in [2.75, 3.05) is 18.6 Å². The van der Waals surface area contributed by atoms with Gasteiger partial charge in [0.05, 0.1) is 12.7 Å². The number of carbonyl (C=O) groups excluding carboxylic acids is 3. The van der Waals surface area contributed by atoms with E-state index in [9.17, 15) is 14.4 Å². The molecule has 29 heavy (non-hydrogen) atoms. The van der Waals surface area contributed by atoms with E-state index in [0.717, 1.165) is 22.9 Å². The van der Waals surface area contributed by atoms with Gasteiger partial charge >= 0.3 is 11.9 Å². The molecule has 0 bridgehead atoms. The average molecular weight is 389 g/mol. The number of rotatable bonds is 4. The Labute approximate surface area is 167 Å². The molecule has 6 nitrogen and oxygen atoms in total. The second-order valence-electron chi connectivity index (χ2n) is 6.77. The van der Waals surface area contributed by atoms with Crippen molar-refractivity contribution >= 4 is 34.3 Å². The van der Waals surface area contributed by atoms with Crippen molar-refractivity contribution in [3.63, 3.8) is 0 Å². The lowest BCUT2D eigenvalue weighted by Crippen LogP contribution is -2.23. The van der Waals surface area contributed by atoms with Gasteiger partial charge in [0.15, 0.2) is 0 Å². The molecule has 1 aliphatic rings. The number of nitrogens with zero attached hydrogens (tertiary/aromatic N) is 1. The SMILES string of the molecule is COC(=O)c1cc2ccccc2cc1OC(=O)c1ccc(N2CCCC2=O)cc1. The van der Waals surface area contributed by atoms with Gasteiger partial charge in [-0.1, -0.05) is 24.3 Å². The predicted octanol–water partition coefficient (Wildman–Crippen LogP) is 3.97. The van der Waals surface area contributed by atoms with Gasteiger partial charge in [-0.3, -0.25) is 4.79 Å². The molecular formula is C23H19NO5. The van der Waals surface area contributed by atoms with Gasteiger partial charge in [0.2, 0.25) is 5.91 Å². The Kier molecular flexibility index (Phi) is 4.99. The maximum absolute atomic E-state index is 12.7. The number of carbonyl (C=O) groups is 3. The summed E-state index contributed by atoms with van der Waals surface area (Å²) in [6.07, 6.45) is 1.38. The molecule has 0 N–H and O–H groups in total. The van der Waals surface area contributed by atoms with Crippen LogP contribution in [0.3, 0.4) is 0 Å². The summed E-state index contributed by atoms with van der Waals surface area (Å²) in [6.45, 7) is 0.683. The number of methoxy groups -OCH3 is 1. The second-order valence-corrected chi connectivity index (χ2v) is 6.77. The molecule has 6 heteroatoms. The molecule has 1 aliphatic heterocycles. The first-order valence-corrected chi connectivity index (χ1v) is 9.30. The number of esters is 2. The quantitative estimate of drug-likeness (QED) is 0.499. The van der Waals surface area contributed by atoms with E-state index < -0.39 is 11.9 Å². The molecule has 1 saturated heterocycles. The number of amides is 1. The van der Waals surface area contributed by atoms with Crippen LogP contribution in [0.15, 0.2) is 60.7 Å². The van der Waals surface area contributed by atoms with E-state index in [1.807, 2.05) is 24.3 Å². The number of hydrogen-bond donors (Lipinski definition) is 0. The minimum Gasteiger partial charge on any atom is -0.465 e. The Morgan fingerprint density at radius 3 is 2.24 bits per heavy atom. The maximum Gasteiger partial charge on any atom is 0.343 e. The monoisotopic (exact) mass is 389 g/mol. The Morgan fingerprint density at radius 1 is 0.931 bits per heavy atom.